The number of benzene rings is 1. The van der Waals surface area contributed by atoms with E-state index in [2.05, 4.69) is 10.3 Å². The summed E-state index contributed by atoms with van der Waals surface area (Å²) in [4.78, 5) is 28.0. The Morgan fingerprint density at radius 1 is 1.24 bits per heavy atom. The lowest BCUT2D eigenvalue weighted by Gasteiger charge is -2.15. The van der Waals surface area contributed by atoms with Crippen molar-refractivity contribution >= 4 is 39.2 Å². The highest BCUT2D eigenvalue weighted by Crippen LogP contribution is 2.28. The van der Waals surface area contributed by atoms with Crippen LogP contribution >= 0.6 is 11.6 Å². The standard InChI is InChI=1S/C18H17ClN4O5S/c1-2-28-18(25)15-4-3-8-23(15)29(26,27)16-10-13(19)5-6-14(16)21-17(24)11-22-9-7-20-12-22/h3-10,12H,2,11H2,1H3,(H,21,24). The number of hydrogen-bond acceptors (Lipinski definition) is 6. The minimum absolute atomic E-state index is 0.0306. The summed E-state index contributed by atoms with van der Waals surface area (Å²) in [5, 5.41) is 2.72. The molecule has 0 aliphatic carbocycles. The molecule has 0 atom stereocenters. The summed E-state index contributed by atoms with van der Waals surface area (Å²) in [6.45, 7) is 1.65. The topological polar surface area (TPSA) is 112 Å². The first-order chi connectivity index (χ1) is 13.8. The van der Waals surface area contributed by atoms with Crippen molar-refractivity contribution in [3.8, 4) is 0 Å². The van der Waals surface area contributed by atoms with Crippen LogP contribution in [0.2, 0.25) is 5.02 Å². The molecule has 11 heteroatoms. The van der Waals surface area contributed by atoms with E-state index in [0.717, 1.165) is 3.97 Å². The number of hydrogen-bond donors (Lipinski definition) is 1. The molecule has 0 saturated heterocycles. The number of imidazole rings is 1. The quantitative estimate of drug-likeness (QED) is 0.569. The van der Waals surface area contributed by atoms with Gasteiger partial charge in [-0.2, -0.15) is 0 Å². The molecule has 0 saturated carbocycles. The third-order valence-electron chi connectivity index (χ3n) is 3.84. The lowest BCUT2D eigenvalue weighted by atomic mass is 10.3. The van der Waals surface area contributed by atoms with E-state index in [0.29, 0.717) is 0 Å². The summed E-state index contributed by atoms with van der Waals surface area (Å²) in [7, 11) is -4.25. The Kier molecular flexibility index (Phi) is 6.04. The van der Waals surface area contributed by atoms with Crippen LogP contribution in [0.25, 0.3) is 0 Å². The van der Waals surface area contributed by atoms with Crippen molar-refractivity contribution in [1.29, 1.82) is 0 Å². The number of ether oxygens (including phenoxy) is 1. The second-order valence-corrected chi connectivity index (χ2v) is 8.06. The van der Waals surface area contributed by atoms with Gasteiger partial charge in [-0.15, -0.1) is 0 Å². The van der Waals surface area contributed by atoms with Gasteiger partial charge in [-0.25, -0.2) is 22.2 Å². The largest absolute Gasteiger partial charge is 0.461 e. The molecule has 0 aliphatic rings. The lowest BCUT2D eigenvalue weighted by Crippen LogP contribution is -2.23. The van der Waals surface area contributed by atoms with Gasteiger partial charge in [0, 0.05) is 23.6 Å². The van der Waals surface area contributed by atoms with Crippen molar-refractivity contribution in [1.82, 2.24) is 13.5 Å². The van der Waals surface area contributed by atoms with Gasteiger partial charge in [0.05, 0.1) is 18.6 Å². The highest BCUT2D eigenvalue weighted by Gasteiger charge is 2.27. The Labute approximate surface area is 171 Å². The normalized spacial score (nSPS) is 11.2. The summed E-state index contributed by atoms with van der Waals surface area (Å²) in [5.74, 6) is -1.24. The van der Waals surface area contributed by atoms with Crippen LogP contribution in [-0.4, -0.2) is 40.4 Å². The van der Waals surface area contributed by atoms with Gasteiger partial charge in [0.2, 0.25) is 5.91 Å². The summed E-state index contributed by atoms with van der Waals surface area (Å²) in [5.41, 5.74) is -0.134. The molecule has 2 heterocycles. The number of amides is 1. The number of esters is 1. The SMILES string of the molecule is CCOC(=O)c1cccn1S(=O)(=O)c1cc(Cl)ccc1NC(=O)Cn1ccnc1. The average molecular weight is 437 g/mol. The molecule has 2 aromatic heterocycles. The van der Waals surface area contributed by atoms with E-state index in [1.165, 1.54) is 53.6 Å². The molecule has 1 aromatic carbocycles. The van der Waals surface area contributed by atoms with E-state index in [1.807, 2.05) is 0 Å². The second kappa shape index (κ2) is 8.50. The van der Waals surface area contributed by atoms with Crippen LogP contribution in [0.3, 0.4) is 0 Å². The van der Waals surface area contributed by atoms with Gasteiger partial charge < -0.3 is 14.6 Å². The Balaban J connectivity index is 1.98. The Bertz CT molecular complexity index is 1140. The maximum atomic E-state index is 13.2. The number of halogens is 1. The Hall–Kier alpha value is -3.11. The first kappa shape index (κ1) is 20.6. The average Bonchev–Trinajstić information content (AvgIpc) is 3.35. The Morgan fingerprint density at radius 3 is 2.72 bits per heavy atom. The molecule has 0 bridgehead atoms. The fourth-order valence-electron chi connectivity index (χ4n) is 2.59. The monoisotopic (exact) mass is 436 g/mol. The number of anilines is 1. The third kappa shape index (κ3) is 4.49. The van der Waals surface area contributed by atoms with Crippen LogP contribution in [-0.2, 0) is 26.1 Å². The number of nitrogens with one attached hydrogen (secondary N) is 1. The predicted molar refractivity (Wildman–Crippen MR) is 105 cm³/mol. The number of carbonyl (C=O) groups excluding carboxylic acids is 2. The highest BCUT2D eigenvalue weighted by molar-refractivity contribution is 7.90. The van der Waals surface area contributed by atoms with Gasteiger partial charge in [0.1, 0.15) is 17.1 Å². The van der Waals surface area contributed by atoms with Gasteiger partial charge >= 0.3 is 5.97 Å². The summed E-state index contributed by atoms with van der Waals surface area (Å²) in [6, 6.07) is 6.78. The molecule has 0 radical (unpaired) electrons. The Morgan fingerprint density at radius 2 is 2.03 bits per heavy atom. The van der Waals surface area contributed by atoms with Crippen molar-refractivity contribution in [2.75, 3.05) is 11.9 Å². The molecule has 0 aliphatic heterocycles. The van der Waals surface area contributed by atoms with Crippen molar-refractivity contribution in [2.45, 2.75) is 18.4 Å². The van der Waals surface area contributed by atoms with E-state index in [9.17, 15) is 18.0 Å². The van der Waals surface area contributed by atoms with E-state index < -0.39 is 21.9 Å². The molecule has 0 unspecified atom stereocenters. The number of nitrogens with zero attached hydrogens (tertiary/aromatic N) is 3. The number of carbonyl (C=O) groups is 2. The van der Waals surface area contributed by atoms with Gasteiger partial charge in [-0.1, -0.05) is 11.6 Å². The van der Waals surface area contributed by atoms with Crippen molar-refractivity contribution < 1.29 is 22.7 Å². The molecule has 152 valence electrons. The van der Waals surface area contributed by atoms with Crippen LogP contribution in [0.5, 0.6) is 0 Å². The summed E-state index contributed by atoms with van der Waals surface area (Å²) < 4.78 is 33.7. The fraction of sp³-hybridized carbons (Fsp3) is 0.167. The van der Waals surface area contributed by atoms with E-state index >= 15 is 0 Å². The molecular formula is C18H17ClN4O5S. The zero-order chi connectivity index (χ0) is 21.0. The van der Waals surface area contributed by atoms with E-state index in [4.69, 9.17) is 16.3 Å². The zero-order valence-corrected chi connectivity index (χ0v) is 16.9. The lowest BCUT2D eigenvalue weighted by molar-refractivity contribution is -0.116. The molecular weight excluding hydrogens is 420 g/mol. The predicted octanol–water partition coefficient (Wildman–Crippen LogP) is 2.39. The molecule has 0 spiro atoms. The van der Waals surface area contributed by atoms with Gasteiger partial charge in [-0.05, 0) is 37.3 Å². The molecule has 1 amide bonds. The van der Waals surface area contributed by atoms with Crippen LogP contribution in [0, 0.1) is 0 Å². The molecule has 3 rings (SSSR count). The molecule has 29 heavy (non-hydrogen) atoms. The van der Waals surface area contributed by atoms with E-state index in [1.54, 1.807) is 13.1 Å². The van der Waals surface area contributed by atoms with Gasteiger partial charge in [0.15, 0.2) is 0 Å². The summed E-state index contributed by atoms with van der Waals surface area (Å²) in [6.07, 6.45) is 5.81. The first-order valence-corrected chi connectivity index (χ1v) is 10.3. The molecule has 9 nitrogen and oxygen atoms in total. The maximum absolute atomic E-state index is 13.2. The van der Waals surface area contributed by atoms with Crippen molar-refractivity contribution in [3.05, 3.63) is 66.0 Å². The maximum Gasteiger partial charge on any atom is 0.355 e. The number of aromatic nitrogens is 3. The first-order valence-electron chi connectivity index (χ1n) is 8.48. The second-order valence-electron chi connectivity index (χ2n) is 5.84. The van der Waals surface area contributed by atoms with E-state index in [-0.39, 0.29) is 34.5 Å². The number of rotatable bonds is 7. The summed E-state index contributed by atoms with van der Waals surface area (Å²) >= 11 is 6.00. The minimum atomic E-state index is -4.25. The zero-order valence-electron chi connectivity index (χ0n) is 15.3. The van der Waals surface area contributed by atoms with Crippen LogP contribution in [0.15, 0.2) is 60.1 Å². The van der Waals surface area contributed by atoms with Crippen LogP contribution < -0.4 is 5.32 Å². The van der Waals surface area contributed by atoms with Crippen LogP contribution in [0.1, 0.15) is 17.4 Å². The smallest absolute Gasteiger partial charge is 0.355 e. The minimum Gasteiger partial charge on any atom is -0.461 e. The highest BCUT2D eigenvalue weighted by atomic mass is 35.5. The van der Waals surface area contributed by atoms with Gasteiger partial charge in [-0.3, -0.25) is 4.79 Å². The van der Waals surface area contributed by atoms with Gasteiger partial charge in [0.25, 0.3) is 10.0 Å². The molecule has 0 fully saturated rings. The third-order valence-corrected chi connectivity index (χ3v) is 5.80. The van der Waals surface area contributed by atoms with Crippen LogP contribution in [0.4, 0.5) is 5.69 Å². The molecule has 1 N–H and O–H groups in total. The van der Waals surface area contributed by atoms with Crippen molar-refractivity contribution in [3.63, 3.8) is 0 Å². The fourth-order valence-corrected chi connectivity index (χ4v) is 4.34. The molecule has 3 aromatic rings. The van der Waals surface area contributed by atoms with Crippen molar-refractivity contribution in [2.24, 2.45) is 0 Å².